The van der Waals surface area contributed by atoms with Crippen LogP contribution in [0.3, 0.4) is 0 Å². The molecule has 0 radical (unpaired) electrons. The summed E-state index contributed by atoms with van der Waals surface area (Å²) in [7, 11) is 5.27. The zero-order valence-electron chi connectivity index (χ0n) is 15.2. The van der Waals surface area contributed by atoms with E-state index < -0.39 is 0 Å². The SMILES string of the molecule is CN=C(NCc1cc(OC)ccc1O)N(C)Cc1ccc2c(c1)OCO2. The van der Waals surface area contributed by atoms with Gasteiger partial charge in [0.1, 0.15) is 11.5 Å². The zero-order chi connectivity index (χ0) is 18.5. The summed E-state index contributed by atoms with van der Waals surface area (Å²) >= 11 is 0. The third kappa shape index (κ3) is 3.93. The summed E-state index contributed by atoms with van der Waals surface area (Å²) in [4.78, 5) is 6.30. The number of methoxy groups -OCH3 is 1. The second kappa shape index (κ2) is 7.86. The van der Waals surface area contributed by atoms with Crippen LogP contribution >= 0.6 is 0 Å². The van der Waals surface area contributed by atoms with Crippen LogP contribution in [0.25, 0.3) is 0 Å². The number of phenols is 1. The van der Waals surface area contributed by atoms with Crippen LogP contribution in [-0.2, 0) is 13.1 Å². The minimum absolute atomic E-state index is 0.215. The Bertz CT molecular complexity index is 807. The van der Waals surface area contributed by atoms with Gasteiger partial charge in [-0.2, -0.15) is 0 Å². The molecule has 0 unspecified atom stereocenters. The van der Waals surface area contributed by atoms with Crippen LogP contribution in [0.4, 0.5) is 0 Å². The van der Waals surface area contributed by atoms with Crippen molar-refractivity contribution in [2.75, 3.05) is 28.0 Å². The van der Waals surface area contributed by atoms with Gasteiger partial charge in [-0.15, -0.1) is 0 Å². The molecule has 0 spiro atoms. The third-order valence-corrected chi connectivity index (χ3v) is 4.15. The quantitative estimate of drug-likeness (QED) is 0.632. The van der Waals surface area contributed by atoms with E-state index in [0.29, 0.717) is 24.8 Å². The van der Waals surface area contributed by atoms with Crippen molar-refractivity contribution in [1.29, 1.82) is 0 Å². The summed E-state index contributed by atoms with van der Waals surface area (Å²) in [6, 6.07) is 11.0. The number of guanidine groups is 1. The van der Waals surface area contributed by atoms with Gasteiger partial charge < -0.3 is 29.5 Å². The van der Waals surface area contributed by atoms with E-state index in [0.717, 1.165) is 22.6 Å². The molecule has 0 amide bonds. The third-order valence-electron chi connectivity index (χ3n) is 4.15. The Kier molecular flexibility index (Phi) is 5.36. The molecule has 2 aromatic rings. The lowest BCUT2D eigenvalue weighted by Crippen LogP contribution is -2.38. The molecule has 0 saturated heterocycles. The Morgan fingerprint density at radius 1 is 1.23 bits per heavy atom. The first kappa shape index (κ1) is 17.7. The number of nitrogens with one attached hydrogen (secondary N) is 1. The van der Waals surface area contributed by atoms with Crippen LogP contribution < -0.4 is 19.5 Å². The lowest BCUT2D eigenvalue weighted by atomic mass is 10.2. The van der Waals surface area contributed by atoms with Gasteiger partial charge in [-0.05, 0) is 35.9 Å². The molecule has 7 nitrogen and oxygen atoms in total. The number of hydrogen-bond donors (Lipinski definition) is 2. The summed E-state index contributed by atoms with van der Waals surface area (Å²) in [5.74, 6) is 3.16. The monoisotopic (exact) mass is 357 g/mol. The van der Waals surface area contributed by atoms with Crippen molar-refractivity contribution in [3.05, 3.63) is 47.5 Å². The van der Waals surface area contributed by atoms with Crippen molar-refractivity contribution < 1.29 is 19.3 Å². The van der Waals surface area contributed by atoms with E-state index in [-0.39, 0.29) is 12.5 Å². The van der Waals surface area contributed by atoms with Crippen molar-refractivity contribution >= 4 is 5.96 Å². The lowest BCUT2D eigenvalue weighted by molar-refractivity contribution is 0.174. The molecule has 138 valence electrons. The smallest absolute Gasteiger partial charge is 0.231 e. The molecule has 0 bridgehead atoms. The first-order valence-electron chi connectivity index (χ1n) is 8.27. The Morgan fingerprint density at radius 3 is 2.81 bits per heavy atom. The maximum absolute atomic E-state index is 10.0. The normalized spacial score (nSPS) is 12.8. The van der Waals surface area contributed by atoms with E-state index in [4.69, 9.17) is 14.2 Å². The first-order valence-corrected chi connectivity index (χ1v) is 8.27. The lowest BCUT2D eigenvalue weighted by Gasteiger charge is -2.22. The van der Waals surface area contributed by atoms with Gasteiger partial charge >= 0.3 is 0 Å². The largest absolute Gasteiger partial charge is 0.508 e. The van der Waals surface area contributed by atoms with Gasteiger partial charge in [0.15, 0.2) is 17.5 Å². The summed E-state index contributed by atoms with van der Waals surface area (Å²) in [5.41, 5.74) is 1.82. The van der Waals surface area contributed by atoms with Crippen LogP contribution in [0.2, 0.25) is 0 Å². The number of aliphatic imine (C=N–C) groups is 1. The topological polar surface area (TPSA) is 75.6 Å². The molecule has 0 atom stereocenters. The fraction of sp³-hybridized carbons (Fsp3) is 0.316. The highest BCUT2D eigenvalue weighted by Crippen LogP contribution is 2.32. The maximum atomic E-state index is 10.0. The van der Waals surface area contributed by atoms with Gasteiger partial charge in [0.05, 0.1) is 7.11 Å². The van der Waals surface area contributed by atoms with E-state index in [9.17, 15) is 5.11 Å². The van der Waals surface area contributed by atoms with Gasteiger partial charge in [0.2, 0.25) is 6.79 Å². The molecular formula is C19H23N3O4. The Labute approximate surface area is 152 Å². The summed E-state index contributed by atoms with van der Waals surface area (Å²) < 4.78 is 16.0. The highest BCUT2D eigenvalue weighted by atomic mass is 16.7. The molecule has 0 saturated carbocycles. The number of fused-ring (bicyclic) bond motifs is 1. The van der Waals surface area contributed by atoms with Gasteiger partial charge in [-0.1, -0.05) is 6.07 Å². The minimum Gasteiger partial charge on any atom is -0.508 e. The molecule has 3 rings (SSSR count). The number of benzene rings is 2. The molecule has 2 N–H and O–H groups in total. The van der Waals surface area contributed by atoms with Crippen molar-refractivity contribution in [3.63, 3.8) is 0 Å². The van der Waals surface area contributed by atoms with Crippen molar-refractivity contribution in [2.24, 2.45) is 4.99 Å². The standard InChI is InChI=1S/C19H23N3O4/c1-20-19(21-10-14-9-15(24-3)5-6-16(14)23)22(2)11-13-4-7-17-18(8-13)26-12-25-17/h4-9,23H,10-12H2,1-3H3,(H,20,21). The molecule has 0 aromatic heterocycles. The molecule has 1 heterocycles. The van der Waals surface area contributed by atoms with Crippen LogP contribution in [0, 0.1) is 0 Å². The Morgan fingerprint density at radius 2 is 2.04 bits per heavy atom. The fourth-order valence-electron chi connectivity index (χ4n) is 2.78. The van der Waals surface area contributed by atoms with E-state index in [1.54, 1.807) is 32.4 Å². The van der Waals surface area contributed by atoms with Crippen molar-refractivity contribution in [2.45, 2.75) is 13.1 Å². The van der Waals surface area contributed by atoms with Gasteiger partial charge in [0.25, 0.3) is 0 Å². The van der Waals surface area contributed by atoms with Crippen molar-refractivity contribution in [1.82, 2.24) is 10.2 Å². The highest BCUT2D eigenvalue weighted by Gasteiger charge is 2.15. The average Bonchev–Trinajstić information content (AvgIpc) is 3.11. The van der Waals surface area contributed by atoms with Crippen LogP contribution in [0.5, 0.6) is 23.0 Å². The summed E-state index contributed by atoms with van der Waals surface area (Å²) in [5, 5.41) is 13.3. The molecule has 1 aliphatic heterocycles. The van der Waals surface area contributed by atoms with Gasteiger partial charge in [-0.3, -0.25) is 4.99 Å². The molecule has 1 aliphatic rings. The van der Waals surface area contributed by atoms with E-state index in [1.165, 1.54) is 0 Å². The second-order valence-electron chi connectivity index (χ2n) is 5.94. The molecule has 2 aromatic carbocycles. The van der Waals surface area contributed by atoms with Gasteiger partial charge in [0, 0.05) is 32.7 Å². The molecule has 7 heteroatoms. The minimum atomic E-state index is 0.215. The predicted molar refractivity (Wildman–Crippen MR) is 98.9 cm³/mol. The molecule has 26 heavy (non-hydrogen) atoms. The zero-order valence-corrected chi connectivity index (χ0v) is 15.2. The van der Waals surface area contributed by atoms with Crippen LogP contribution in [0.15, 0.2) is 41.4 Å². The molecule has 0 aliphatic carbocycles. The first-order chi connectivity index (χ1) is 12.6. The number of hydrogen-bond acceptors (Lipinski definition) is 5. The van der Waals surface area contributed by atoms with Gasteiger partial charge in [-0.25, -0.2) is 0 Å². The number of rotatable bonds is 5. The highest BCUT2D eigenvalue weighted by molar-refractivity contribution is 5.79. The number of nitrogens with zero attached hydrogens (tertiary/aromatic N) is 2. The summed E-state index contributed by atoms with van der Waals surface area (Å²) in [6.07, 6.45) is 0. The fourth-order valence-corrected chi connectivity index (χ4v) is 2.78. The predicted octanol–water partition coefficient (Wildman–Crippen LogP) is 2.34. The molecule has 0 fully saturated rings. The van der Waals surface area contributed by atoms with E-state index in [2.05, 4.69) is 10.3 Å². The Balaban J connectivity index is 1.63. The van der Waals surface area contributed by atoms with Crippen molar-refractivity contribution in [3.8, 4) is 23.0 Å². The second-order valence-corrected chi connectivity index (χ2v) is 5.94. The average molecular weight is 357 g/mol. The number of aromatic hydroxyl groups is 1. The Hall–Kier alpha value is -3.09. The number of phenolic OH excluding ortho intramolecular Hbond substituents is 1. The maximum Gasteiger partial charge on any atom is 0.231 e. The van der Waals surface area contributed by atoms with Crippen LogP contribution in [0.1, 0.15) is 11.1 Å². The summed E-state index contributed by atoms with van der Waals surface area (Å²) in [6.45, 7) is 1.35. The number of ether oxygens (including phenoxy) is 3. The molecular weight excluding hydrogens is 334 g/mol. The van der Waals surface area contributed by atoms with Crippen LogP contribution in [-0.4, -0.2) is 44.0 Å². The van der Waals surface area contributed by atoms with E-state index >= 15 is 0 Å². The van der Waals surface area contributed by atoms with E-state index in [1.807, 2.05) is 30.1 Å².